The van der Waals surface area contributed by atoms with Crippen molar-refractivity contribution in [2.24, 2.45) is 0 Å². The molecule has 4 nitrogen and oxygen atoms in total. The standard InChI is InChI=1S/C16H18NO3S/c1-10-5-6-14(11(2)9-10)12(3)15-7-8-17(18)16(13(15)4)21(19)20/h5-9,12H,1-4H3/q-1. The first kappa shape index (κ1) is 15.4. The van der Waals surface area contributed by atoms with Gasteiger partial charge in [-0.05, 0) is 55.3 Å². The summed E-state index contributed by atoms with van der Waals surface area (Å²) in [7, 11) is -2.54. The predicted molar refractivity (Wildman–Crippen MR) is 83.5 cm³/mol. The second-order valence-electron chi connectivity index (χ2n) is 5.34. The van der Waals surface area contributed by atoms with Crippen LogP contribution >= 0.6 is 0 Å². The van der Waals surface area contributed by atoms with Crippen molar-refractivity contribution in [3.05, 3.63) is 68.1 Å². The van der Waals surface area contributed by atoms with Gasteiger partial charge in [0, 0.05) is 5.92 Å². The SMILES string of the molecule is Cc1ccc(C(C)c2ccn([O-])c(=S(=O)=O)c2C)c(C)c1. The summed E-state index contributed by atoms with van der Waals surface area (Å²) >= 11 is 0. The van der Waals surface area contributed by atoms with Gasteiger partial charge in [-0.15, -0.1) is 0 Å². The van der Waals surface area contributed by atoms with E-state index in [9.17, 15) is 13.6 Å². The molecule has 0 bridgehead atoms. The fourth-order valence-corrected chi connectivity index (χ4v) is 3.35. The fraction of sp³-hybridized carbons (Fsp3) is 0.312. The van der Waals surface area contributed by atoms with Crippen molar-refractivity contribution in [1.29, 1.82) is 0 Å². The Kier molecular flexibility index (Phi) is 4.23. The van der Waals surface area contributed by atoms with Crippen LogP contribution in [-0.2, 0) is 10.3 Å². The van der Waals surface area contributed by atoms with Gasteiger partial charge in [0.2, 0.25) is 10.3 Å². The van der Waals surface area contributed by atoms with Crippen molar-refractivity contribution in [3.8, 4) is 0 Å². The Morgan fingerprint density at radius 2 is 1.76 bits per heavy atom. The van der Waals surface area contributed by atoms with E-state index in [0.29, 0.717) is 10.3 Å². The van der Waals surface area contributed by atoms with E-state index in [4.69, 9.17) is 0 Å². The average molecular weight is 304 g/mol. The average Bonchev–Trinajstić information content (AvgIpc) is 2.37. The van der Waals surface area contributed by atoms with Gasteiger partial charge in [0.1, 0.15) is 0 Å². The molecule has 0 saturated heterocycles. The Labute approximate surface area is 125 Å². The molecular weight excluding hydrogens is 286 g/mol. The number of hydrogen-bond donors (Lipinski definition) is 0. The molecule has 1 heterocycles. The molecule has 21 heavy (non-hydrogen) atoms. The van der Waals surface area contributed by atoms with Crippen molar-refractivity contribution < 1.29 is 8.42 Å². The number of nitrogens with zero attached hydrogens (tertiary/aromatic N) is 1. The van der Waals surface area contributed by atoms with Gasteiger partial charge in [-0.1, -0.05) is 30.7 Å². The molecular formula is C16H18NO3S-. The predicted octanol–water partition coefficient (Wildman–Crippen LogP) is 3.32. The molecule has 1 aromatic heterocycles. The number of pyridine rings is 1. The lowest BCUT2D eigenvalue weighted by Gasteiger charge is -2.20. The molecule has 112 valence electrons. The molecule has 0 aliphatic carbocycles. The van der Waals surface area contributed by atoms with Crippen molar-refractivity contribution in [3.63, 3.8) is 0 Å². The highest BCUT2D eigenvalue weighted by Gasteiger charge is 2.14. The summed E-state index contributed by atoms with van der Waals surface area (Å²) in [5.41, 5.74) is 4.84. The molecule has 0 aliphatic heterocycles. The summed E-state index contributed by atoms with van der Waals surface area (Å²) in [5, 5.41) is 11.6. The van der Waals surface area contributed by atoms with Crippen LogP contribution in [0.2, 0.25) is 0 Å². The lowest BCUT2D eigenvalue weighted by molar-refractivity contribution is 0.623. The molecule has 0 fully saturated rings. The molecule has 1 aromatic carbocycles. The van der Waals surface area contributed by atoms with E-state index in [1.165, 1.54) is 11.8 Å². The van der Waals surface area contributed by atoms with Crippen LogP contribution in [0.4, 0.5) is 0 Å². The van der Waals surface area contributed by atoms with Crippen LogP contribution in [-0.4, -0.2) is 13.1 Å². The Balaban J connectivity index is 2.68. The van der Waals surface area contributed by atoms with Crippen molar-refractivity contribution in [1.82, 2.24) is 4.73 Å². The molecule has 0 spiro atoms. The molecule has 2 aromatic rings. The third kappa shape index (κ3) is 2.88. The van der Waals surface area contributed by atoms with Crippen LogP contribution in [0.5, 0.6) is 0 Å². The molecule has 1 atom stereocenters. The smallest absolute Gasteiger partial charge is 0.238 e. The van der Waals surface area contributed by atoms with Crippen molar-refractivity contribution in [2.75, 3.05) is 0 Å². The van der Waals surface area contributed by atoms with E-state index in [-0.39, 0.29) is 10.6 Å². The van der Waals surface area contributed by atoms with Crippen molar-refractivity contribution >= 4 is 10.3 Å². The highest BCUT2D eigenvalue weighted by Crippen LogP contribution is 2.29. The number of hydrogen-bond acceptors (Lipinski definition) is 3. The zero-order valence-corrected chi connectivity index (χ0v) is 13.4. The minimum Gasteiger partial charge on any atom is -0.805 e. The lowest BCUT2D eigenvalue weighted by Crippen LogP contribution is -2.05. The van der Waals surface area contributed by atoms with Crippen LogP contribution in [0.1, 0.15) is 40.7 Å². The Morgan fingerprint density at radius 1 is 1.10 bits per heavy atom. The van der Waals surface area contributed by atoms with E-state index in [0.717, 1.165) is 16.7 Å². The van der Waals surface area contributed by atoms with Gasteiger partial charge in [0.15, 0.2) is 4.64 Å². The quantitative estimate of drug-likeness (QED) is 0.800. The molecule has 5 heteroatoms. The first-order valence-electron chi connectivity index (χ1n) is 6.72. The van der Waals surface area contributed by atoms with Gasteiger partial charge in [0.05, 0.1) is 0 Å². The first-order valence-corrected chi connectivity index (χ1v) is 7.79. The molecule has 0 amide bonds. The Hall–Kier alpha value is -2.01. The Morgan fingerprint density at radius 3 is 2.33 bits per heavy atom. The van der Waals surface area contributed by atoms with E-state index >= 15 is 0 Å². The monoisotopic (exact) mass is 304 g/mol. The van der Waals surface area contributed by atoms with Gasteiger partial charge < -0.3 is 9.94 Å². The molecule has 0 N–H and O–H groups in total. The summed E-state index contributed by atoms with van der Waals surface area (Å²) in [6, 6.07) is 7.89. The largest absolute Gasteiger partial charge is 0.805 e. The molecule has 0 saturated carbocycles. The number of aryl methyl sites for hydroxylation is 2. The Bertz CT molecular complexity index is 856. The number of aromatic nitrogens is 1. The normalized spacial score (nSPS) is 12.2. The van der Waals surface area contributed by atoms with Crippen LogP contribution in [0.15, 0.2) is 30.5 Å². The fourth-order valence-electron chi connectivity index (χ4n) is 2.78. The van der Waals surface area contributed by atoms with E-state index in [1.54, 1.807) is 13.0 Å². The minimum atomic E-state index is -2.54. The topological polar surface area (TPSA) is 62.1 Å². The zero-order valence-electron chi connectivity index (χ0n) is 12.5. The molecule has 1 unspecified atom stereocenters. The van der Waals surface area contributed by atoms with Crippen molar-refractivity contribution in [2.45, 2.75) is 33.6 Å². The van der Waals surface area contributed by atoms with E-state index < -0.39 is 10.3 Å². The first-order chi connectivity index (χ1) is 9.82. The summed E-state index contributed by atoms with van der Waals surface area (Å²) in [6.07, 6.45) is 1.26. The summed E-state index contributed by atoms with van der Waals surface area (Å²) in [6.45, 7) is 7.77. The van der Waals surface area contributed by atoms with Gasteiger partial charge >= 0.3 is 0 Å². The highest BCUT2D eigenvalue weighted by molar-refractivity contribution is 7.63. The number of rotatable bonds is 2. The second-order valence-corrected chi connectivity index (χ2v) is 6.20. The minimum absolute atomic E-state index is 0.0223. The third-order valence-corrected chi connectivity index (χ3v) is 4.66. The van der Waals surface area contributed by atoms with Gasteiger partial charge in [-0.3, -0.25) is 0 Å². The van der Waals surface area contributed by atoms with Gasteiger partial charge in [0.25, 0.3) is 0 Å². The maximum atomic E-state index is 11.6. The molecule has 0 aliphatic rings. The summed E-state index contributed by atoms with van der Waals surface area (Å²) in [4.78, 5) is 0. The zero-order chi connectivity index (χ0) is 15.7. The molecule has 2 rings (SSSR count). The molecule has 0 radical (unpaired) electrons. The van der Waals surface area contributed by atoms with Crippen LogP contribution in [0, 0.1) is 30.6 Å². The second kappa shape index (κ2) is 5.77. The van der Waals surface area contributed by atoms with E-state index in [2.05, 4.69) is 12.1 Å². The van der Waals surface area contributed by atoms with Gasteiger partial charge in [-0.25, -0.2) is 0 Å². The van der Waals surface area contributed by atoms with Crippen LogP contribution < -0.4 is 0 Å². The maximum absolute atomic E-state index is 11.6. The van der Waals surface area contributed by atoms with Crippen LogP contribution in [0.3, 0.4) is 0 Å². The number of benzene rings is 1. The third-order valence-electron chi connectivity index (χ3n) is 3.86. The summed E-state index contributed by atoms with van der Waals surface area (Å²) < 4.78 is 22.7. The summed E-state index contributed by atoms with van der Waals surface area (Å²) in [5.74, 6) is 0.0223. The highest BCUT2D eigenvalue weighted by atomic mass is 32.2. The van der Waals surface area contributed by atoms with Gasteiger partial charge in [-0.2, -0.15) is 8.42 Å². The maximum Gasteiger partial charge on any atom is 0.238 e. The van der Waals surface area contributed by atoms with E-state index in [1.807, 2.05) is 26.8 Å². The lowest BCUT2D eigenvalue weighted by atomic mass is 9.88. The van der Waals surface area contributed by atoms with Crippen LogP contribution in [0.25, 0.3) is 0 Å².